The number of nitrogens with zero attached hydrogens (tertiary/aromatic N) is 2. The Morgan fingerprint density at radius 1 is 1.38 bits per heavy atom. The van der Waals surface area contributed by atoms with Crippen LogP contribution < -0.4 is 5.56 Å². The highest BCUT2D eigenvalue weighted by molar-refractivity contribution is 5.55. The summed E-state index contributed by atoms with van der Waals surface area (Å²) in [5, 5.41) is 0. The van der Waals surface area contributed by atoms with E-state index in [0.29, 0.717) is 11.3 Å². The molecule has 0 aromatic carbocycles. The van der Waals surface area contributed by atoms with Crippen molar-refractivity contribution in [2.45, 2.75) is 0 Å². The Balaban J connectivity index is 2.67. The minimum absolute atomic E-state index is 0.327. The van der Waals surface area contributed by atoms with Gasteiger partial charge in [0.25, 0.3) is 12.0 Å². The second-order valence-electron chi connectivity index (χ2n) is 2.37. The molecule has 0 aliphatic rings. The molecule has 0 bridgehead atoms. The third kappa shape index (κ3) is 1.46. The van der Waals surface area contributed by atoms with Crippen molar-refractivity contribution in [3.8, 4) is 11.3 Å². The van der Waals surface area contributed by atoms with Crippen molar-refractivity contribution in [3.63, 3.8) is 0 Å². The van der Waals surface area contributed by atoms with Gasteiger partial charge in [0, 0.05) is 6.20 Å². The van der Waals surface area contributed by atoms with Crippen molar-refractivity contribution in [3.05, 3.63) is 47.4 Å². The van der Waals surface area contributed by atoms with E-state index in [1.165, 1.54) is 12.5 Å². The monoisotopic (exact) mass is 173 g/mol. The molecule has 0 spiro atoms. The SMILES string of the molecule is O=c1nccccc1-c1co[c]n1. The topological polar surface area (TPSA) is 56.0 Å². The van der Waals surface area contributed by atoms with E-state index in [2.05, 4.69) is 20.8 Å². The molecule has 4 nitrogen and oxygen atoms in total. The van der Waals surface area contributed by atoms with Crippen molar-refractivity contribution in [2.75, 3.05) is 0 Å². The van der Waals surface area contributed by atoms with Crippen LogP contribution in [0.25, 0.3) is 11.3 Å². The van der Waals surface area contributed by atoms with Gasteiger partial charge in [-0.3, -0.25) is 4.79 Å². The van der Waals surface area contributed by atoms with Crippen LogP contribution in [0.5, 0.6) is 0 Å². The predicted octanol–water partition coefficient (Wildman–Crippen LogP) is 0.897. The Morgan fingerprint density at radius 2 is 2.31 bits per heavy atom. The zero-order valence-corrected chi connectivity index (χ0v) is 6.60. The fraction of sp³-hybridized carbons (Fsp3) is 0. The average Bonchev–Trinajstić information content (AvgIpc) is 2.56. The molecule has 4 heteroatoms. The predicted molar refractivity (Wildman–Crippen MR) is 44.8 cm³/mol. The van der Waals surface area contributed by atoms with Crippen LogP contribution in [0, 0.1) is 6.39 Å². The van der Waals surface area contributed by atoms with Crippen molar-refractivity contribution < 1.29 is 4.42 Å². The minimum atomic E-state index is -0.327. The molecule has 2 aromatic heterocycles. The van der Waals surface area contributed by atoms with Crippen LogP contribution in [0.3, 0.4) is 0 Å². The zero-order chi connectivity index (χ0) is 9.10. The van der Waals surface area contributed by atoms with Crippen molar-refractivity contribution in [1.29, 1.82) is 0 Å². The molecule has 0 atom stereocenters. The van der Waals surface area contributed by atoms with Crippen LogP contribution in [0.4, 0.5) is 0 Å². The molecule has 0 aliphatic carbocycles. The number of aromatic nitrogens is 2. The van der Waals surface area contributed by atoms with Gasteiger partial charge < -0.3 is 4.42 Å². The van der Waals surface area contributed by atoms with E-state index < -0.39 is 0 Å². The number of hydrogen-bond donors (Lipinski definition) is 0. The number of rotatable bonds is 1. The maximum absolute atomic E-state index is 11.3. The van der Waals surface area contributed by atoms with Gasteiger partial charge in [-0.1, -0.05) is 6.07 Å². The summed E-state index contributed by atoms with van der Waals surface area (Å²) >= 11 is 0. The standard InChI is InChI=1S/C9H5N2O2/c12-9-7(3-1-2-4-10-9)8-5-13-6-11-8/h1-5H. The molecule has 1 radical (unpaired) electrons. The van der Waals surface area contributed by atoms with Crippen LogP contribution in [0.1, 0.15) is 0 Å². The first-order chi connectivity index (χ1) is 6.38. The first-order valence-corrected chi connectivity index (χ1v) is 3.65. The number of hydrogen-bond acceptors (Lipinski definition) is 4. The van der Waals surface area contributed by atoms with E-state index in [9.17, 15) is 4.79 Å². The Morgan fingerprint density at radius 3 is 3.08 bits per heavy atom. The van der Waals surface area contributed by atoms with Gasteiger partial charge >= 0.3 is 0 Å². The summed E-state index contributed by atoms with van der Waals surface area (Å²) in [5.41, 5.74) is 0.538. The maximum Gasteiger partial charge on any atom is 0.284 e. The van der Waals surface area contributed by atoms with Gasteiger partial charge in [-0.05, 0) is 12.1 Å². The largest absolute Gasteiger partial charge is 0.440 e. The smallest absolute Gasteiger partial charge is 0.284 e. The summed E-state index contributed by atoms with van der Waals surface area (Å²) < 4.78 is 4.65. The van der Waals surface area contributed by atoms with Gasteiger partial charge in [-0.15, -0.1) is 0 Å². The van der Waals surface area contributed by atoms with Crippen molar-refractivity contribution >= 4 is 0 Å². The lowest BCUT2D eigenvalue weighted by atomic mass is 10.2. The van der Waals surface area contributed by atoms with E-state index in [4.69, 9.17) is 0 Å². The summed E-state index contributed by atoms with van der Waals surface area (Å²) in [7, 11) is 0. The van der Waals surface area contributed by atoms with Gasteiger partial charge in [-0.2, -0.15) is 0 Å². The first kappa shape index (κ1) is 7.67. The van der Waals surface area contributed by atoms with Gasteiger partial charge in [0.15, 0.2) is 0 Å². The summed E-state index contributed by atoms with van der Waals surface area (Å²) in [6.45, 7) is 0. The highest BCUT2D eigenvalue weighted by Gasteiger charge is 2.03. The summed E-state index contributed by atoms with van der Waals surface area (Å²) in [4.78, 5) is 18.7. The van der Waals surface area contributed by atoms with E-state index in [-0.39, 0.29) is 5.56 Å². The zero-order valence-electron chi connectivity index (χ0n) is 6.60. The van der Waals surface area contributed by atoms with Gasteiger partial charge in [0.2, 0.25) is 0 Å². The van der Waals surface area contributed by atoms with E-state index in [1.807, 2.05) is 0 Å². The summed E-state index contributed by atoms with van der Waals surface area (Å²) in [6.07, 6.45) is 5.07. The molecular formula is C9H5N2O2. The quantitative estimate of drug-likeness (QED) is 0.642. The molecule has 2 aromatic rings. The molecule has 2 rings (SSSR count). The molecule has 0 saturated heterocycles. The van der Waals surface area contributed by atoms with Gasteiger partial charge in [0.1, 0.15) is 12.0 Å². The molecule has 2 heterocycles. The third-order valence-electron chi connectivity index (χ3n) is 1.55. The lowest BCUT2D eigenvalue weighted by molar-refractivity contribution is 0.548. The van der Waals surface area contributed by atoms with Gasteiger partial charge in [0.05, 0.1) is 5.56 Å². The molecule has 0 unspecified atom stereocenters. The molecule has 0 N–H and O–H groups in total. The summed E-state index contributed by atoms with van der Waals surface area (Å²) in [6, 6.07) is 5.04. The highest BCUT2D eigenvalue weighted by Crippen LogP contribution is 2.09. The highest BCUT2D eigenvalue weighted by atomic mass is 16.3. The van der Waals surface area contributed by atoms with Crippen molar-refractivity contribution in [2.24, 2.45) is 0 Å². The molecule has 0 fully saturated rings. The summed E-state index contributed by atoms with van der Waals surface area (Å²) in [5.74, 6) is 0. The lowest BCUT2D eigenvalue weighted by Gasteiger charge is -1.84. The first-order valence-electron chi connectivity index (χ1n) is 3.65. The molecule has 0 amide bonds. The van der Waals surface area contributed by atoms with Crippen LogP contribution >= 0.6 is 0 Å². The molecule has 13 heavy (non-hydrogen) atoms. The van der Waals surface area contributed by atoms with Crippen LogP contribution in [0.15, 0.2) is 39.9 Å². The van der Waals surface area contributed by atoms with E-state index >= 15 is 0 Å². The maximum atomic E-state index is 11.3. The normalized spacial score (nSPS) is 9.85. The second-order valence-corrected chi connectivity index (χ2v) is 2.37. The Hall–Kier alpha value is -1.97. The lowest BCUT2D eigenvalue weighted by Crippen LogP contribution is -2.04. The van der Waals surface area contributed by atoms with E-state index in [1.54, 1.807) is 18.2 Å². The van der Waals surface area contributed by atoms with E-state index in [0.717, 1.165) is 0 Å². The van der Waals surface area contributed by atoms with Crippen molar-refractivity contribution in [1.82, 2.24) is 9.97 Å². The Labute approximate surface area is 73.9 Å². The second kappa shape index (κ2) is 3.18. The number of oxazole rings is 1. The molecule has 0 aliphatic heterocycles. The minimum Gasteiger partial charge on any atom is -0.440 e. The Bertz CT molecular complexity index is 451. The van der Waals surface area contributed by atoms with Crippen LogP contribution in [-0.2, 0) is 0 Å². The van der Waals surface area contributed by atoms with Crippen LogP contribution in [-0.4, -0.2) is 9.97 Å². The molecular weight excluding hydrogens is 168 g/mol. The average molecular weight is 173 g/mol. The Kier molecular flexibility index (Phi) is 1.88. The fourth-order valence-corrected chi connectivity index (χ4v) is 0.956. The van der Waals surface area contributed by atoms with Crippen LogP contribution in [0.2, 0.25) is 0 Å². The fourth-order valence-electron chi connectivity index (χ4n) is 0.956. The third-order valence-corrected chi connectivity index (χ3v) is 1.55. The van der Waals surface area contributed by atoms with Gasteiger partial charge in [-0.25, -0.2) is 9.97 Å². The molecule has 63 valence electrons. The molecule has 0 saturated carbocycles.